The molecule has 0 spiro atoms. The number of hydrogen-bond acceptors (Lipinski definition) is 4. The molecule has 18 heavy (non-hydrogen) atoms. The molecular weight excluding hydrogens is 230 g/mol. The van der Waals surface area contributed by atoms with Crippen molar-refractivity contribution in [3.63, 3.8) is 0 Å². The number of methoxy groups -OCH3 is 1. The van der Waals surface area contributed by atoms with E-state index in [4.69, 9.17) is 15.2 Å². The second-order valence-corrected chi connectivity index (χ2v) is 4.80. The van der Waals surface area contributed by atoms with Crippen LogP contribution in [0, 0.1) is 5.92 Å². The molecule has 0 bridgehead atoms. The maximum absolute atomic E-state index is 11.9. The lowest BCUT2D eigenvalue weighted by Crippen LogP contribution is -2.18. The zero-order valence-corrected chi connectivity index (χ0v) is 11.4. The maximum atomic E-state index is 11.9. The summed E-state index contributed by atoms with van der Waals surface area (Å²) in [6, 6.07) is 4.93. The van der Waals surface area contributed by atoms with Crippen LogP contribution in [0.2, 0.25) is 0 Å². The summed E-state index contributed by atoms with van der Waals surface area (Å²) in [4.78, 5) is 11.9. The molecule has 0 fully saturated rings. The van der Waals surface area contributed by atoms with Crippen molar-refractivity contribution in [2.75, 3.05) is 12.8 Å². The first-order valence-corrected chi connectivity index (χ1v) is 6.08. The Morgan fingerprint density at radius 1 is 1.33 bits per heavy atom. The van der Waals surface area contributed by atoms with E-state index in [0.29, 0.717) is 22.9 Å². The van der Waals surface area contributed by atoms with Gasteiger partial charge in [-0.1, -0.05) is 13.8 Å². The van der Waals surface area contributed by atoms with Gasteiger partial charge in [-0.3, -0.25) is 0 Å². The summed E-state index contributed by atoms with van der Waals surface area (Å²) in [5, 5.41) is 0. The largest absolute Gasteiger partial charge is 0.497 e. The highest BCUT2D eigenvalue weighted by Gasteiger charge is 2.16. The Morgan fingerprint density at radius 3 is 2.50 bits per heavy atom. The number of nitrogen functional groups attached to an aromatic ring is 1. The lowest BCUT2D eigenvalue weighted by atomic mass is 10.1. The molecule has 0 radical (unpaired) electrons. The van der Waals surface area contributed by atoms with Gasteiger partial charge >= 0.3 is 5.97 Å². The summed E-state index contributed by atoms with van der Waals surface area (Å²) in [6.45, 7) is 6.07. The normalized spacial score (nSPS) is 12.3. The van der Waals surface area contributed by atoms with Crippen LogP contribution in [-0.4, -0.2) is 19.2 Å². The molecule has 0 saturated heterocycles. The van der Waals surface area contributed by atoms with E-state index in [1.165, 1.54) is 0 Å². The quantitative estimate of drug-likeness (QED) is 0.645. The average Bonchev–Trinajstić information content (AvgIpc) is 2.27. The van der Waals surface area contributed by atoms with Gasteiger partial charge in [0.1, 0.15) is 5.75 Å². The van der Waals surface area contributed by atoms with Crippen LogP contribution < -0.4 is 10.5 Å². The van der Waals surface area contributed by atoms with Gasteiger partial charge in [0, 0.05) is 11.8 Å². The van der Waals surface area contributed by atoms with Crippen LogP contribution >= 0.6 is 0 Å². The predicted molar refractivity (Wildman–Crippen MR) is 71.7 cm³/mol. The van der Waals surface area contributed by atoms with Gasteiger partial charge in [0.2, 0.25) is 0 Å². The molecule has 0 aliphatic heterocycles. The number of carbonyl (C=O) groups excluding carboxylic acids is 1. The summed E-state index contributed by atoms with van der Waals surface area (Å²) in [5.74, 6) is 0.726. The van der Waals surface area contributed by atoms with Gasteiger partial charge in [-0.15, -0.1) is 0 Å². The molecule has 0 aromatic heterocycles. The molecule has 100 valence electrons. The molecule has 1 unspecified atom stereocenters. The molecule has 0 amide bonds. The number of hydrogen-bond donors (Lipinski definition) is 1. The zero-order chi connectivity index (χ0) is 13.7. The van der Waals surface area contributed by atoms with Crippen LogP contribution in [0.25, 0.3) is 0 Å². The van der Waals surface area contributed by atoms with Crippen molar-refractivity contribution < 1.29 is 14.3 Å². The van der Waals surface area contributed by atoms with Crippen LogP contribution in [-0.2, 0) is 4.74 Å². The highest BCUT2D eigenvalue weighted by atomic mass is 16.5. The Hall–Kier alpha value is -1.71. The number of nitrogens with two attached hydrogens (primary N) is 1. The summed E-state index contributed by atoms with van der Waals surface area (Å²) in [7, 11) is 1.55. The first kappa shape index (κ1) is 14.4. The minimum Gasteiger partial charge on any atom is -0.497 e. The first-order valence-electron chi connectivity index (χ1n) is 6.08. The molecule has 0 heterocycles. The van der Waals surface area contributed by atoms with Gasteiger partial charge < -0.3 is 15.2 Å². The fourth-order valence-corrected chi connectivity index (χ4v) is 1.81. The Balaban J connectivity index is 2.72. The zero-order valence-electron chi connectivity index (χ0n) is 11.4. The van der Waals surface area contributed by atoms with E-state index in [1.807, 2.05) is 6.92 Å². The third kappa shape index (κ3) is 3.95. The van der Waals surface area contributed by atoms with E-state index in [0.717, 1.165) is 6.42 Å². The number of anilines is 1. The van der Waals surface area contributed by atoms with Crippen LogP contribution in [0.15, 0.2) is 18.2 Å². The van der Waals surface area contributed by atoms with Crippen molar-refractivity contribution >= 4 is 11.7 Å². The van der Waals surface area contributed by atoms with E-state index in [9.17, 15) is 4.79 Å². The Bertz CT molecular complexity index is 416. The number of benzene rings is 1. The minimum absolute atomic E-state index is 0.112. The van der Waals surface area contributed by atoms with Gasteiger partial charge in [-0.2, -0.15) is 0 Å². The summed E-state index contributed by atoms with van der Waals surface area (Å²) in [5.41, 5.74) is 6.55. The van der Waals surface area contributed by atoms with Gasteiger partial charge in [0.25, 0.3) is 0 Å². The smallest absolute Gasteiger partial charge is 0.340 e. The van der Waals surface area contributed by atoms with E-state index in [-0.39, 0.29) is 12.1 Å². The number of carbonyl (C=O) groups is 1. The molecule has 0 aliphatic carbocycles. The van der Waals surface area contributed by atoms with Crippen molar-refractivity contribution in [1.29, 1.82) is 0 Å². The Morgan fingerprint density at radius 2 is 2.00 bits per heavy atom. The highest BCUT2D eigenvalue weighted by Crippen LogP contribution is 2.21. The topological polar surface area (TPSA) is 61.5 Å². The maximum Gasteiger partial charge on any atom is 0.340 e. The molecule has 1 aromatic carbocycles. The van der Waals surface area contributed by atoms with Gasteiger partial charge in [0.05, 0.1) is 18.8 Å². The second kappa shape index (κ2) is 6.28. The van der Waals surface area contributed by atoms with Crippen molar-refractivity contribution in [2.45, 2.75) is 33.3 Å². The highest BCUT2D eigenvalue weighted by molar-refractivity contribution is 5.95. The molecule has 1 atom stereocenters. The third-order valence-corrected chi connectivity index (χ3v) is 2.59. The Kier molecular flexibility index (Phi) is 5.01. The van der Waals surface area contributed by atoms with E-state index in [1.54, 1.807) is 25.3 Å². The fraction of sp³-hybridized carbons (Fsp3) is 0.500. The monoisotopic (exact) mass is 251 g/mol. The van der Waals surface area contributed by atoms with Crippen molar-refractivity contribution in [3.8, 4) is 5.75 Å². The summed E-state index contributed by atoms with van der Waals surface area (Å²) in [6.07, 6.45) is 0.723. The van der Waals surface area contributed by atoms with Gasteiger partial charge in [-0.25, -0.2) is 4.79 Å². The molecule has 0 aliphatic rings. The lowest BCUT2D eigenvalue weighted by Gasteiger charge is -2.16. The van der Waals surface area contributed by atoms with Crippen LogP contribution in [0.5, 0.6) is 5.75 Å². The van der Waals surface area contributed by atoms with Crippen LogP contribution in [0.4, 0.5) is 5.69 Å². The predicted octanol–water partition coefficient (Wildman–Crippen LogP) is 2.87. The number of rotatable bonds is 5. The molecular formula is C14H21NO3. The van der Waals surface area contributed by atoms with Gasteiger partial charge in [0.15, 0.2) is 0 Å². The molecule has 1 rings (SSSR count). The van der Waals surface area contributed by atoms with Crippen molar-refractivity contribution in [3.05, 3.63) is 23.8 Å². The standard InChI is InChI=1S/C14H21NO3/c1-9(2)7-10(3)18-14(16)12-6-5-11(17-4)8-13(12)15/h5-6,8-10H,7,15H2,1-4H3. The summed E-state index contributed by atoms with van der Waals surface area (Å²) >= 11 is 0. The minimum atomic E-state index is -0.386. The lowest BCUT2D eigenvalue weighted by molar-refractivity contribution is 0.0301. The van der Waals surface area contributed by atoms with Crippen molar-refractivity contribution in [2.24, 2.45) is 5.92 Å². The number of esters is 1. The molecule has 4 heteroatoms. The van der Waals surface area contributed by atoms with E-state index < -0.39 is 0 Å². The van der Waals surface area contributed by atoms with E-state index in [2.05, 4.69) is 13.8 Å². The fourth-order valence-electron chi connectivity index (χ4n) is 1.81. The van der Waals surface area contributed by atoms with Crippen molar-refractivity contribution in [1.82, 2.24) is 0 Å². The van der Waals surface area contributed by atoms with Crippen LogP contribution in [0.3, 0.4) is 0 Å². The molecule has 1 aromatic rings. The molecule has 0 saturated carbocycles. The Labute approximate surface area is 108 Å². The van der Waals surface area contributed by atoms with E-state index >= 15 is 0 Å². The van der Waals surface area contributed by atoms with Gasteiger partial charge in [-0.05, 0) is 31.4 Å². The average molecular weight is 251 g/mol. The molecule has 2 N–H and O–H groups in total. The SMILES string of the molecule is COc1ccc(C(=O)OC(C)CC(C)C)c(N)c1. The second-order valence-electron chi connectivity index (χ2n) is 4.80. The summed E-state index contributed by atoms with van der Waals surface area (Å²) < 4.78 is 10.4. The number of ether oxygens (including phenoxy) is 2. The molecule has 4 nitrogen and oxygen atoms in total. The van der Waals surface area contributed by atoms with Crippen LogP contribution in [0.1, 0.15) is 37.6 Å². The first-order chi connectivity index (χ1) is 8.43. The third-order valence-electron chi connectivity index (χ3n) is 2.59.